The van der Waals surface area contributed by atoms with Crippen molar-refractivity contribution in [3.05, 3.63) is 17.1 Å². The fraction of sp³-hybridized carbons (Fsp3) is 0.667. The average Bonchev–Trinajstić information content (AvgIpc) is 2.30. The normalized spacial score (nSPS) is 10.5. The lowest BCUT2D eigenvalue weighted by atomic mass is 10.2. The summed E-state index contributed by atoms with van der Waals surface area (Å²) in [6, 6.07) is 0. The third-order valence-corrected chi connectivity index (χ3v) is 2.41. The molecule has 1 aromatic rings. The van der Waals surface area contributed by atoms with E-state index in [-0.39, 0.29) is 0 Å². The molecule has 0 spiro atoms. The molecule has 0 aliphatic carbocycles. The number of aryl methyl sites for hydroxylation is 1. The van der Waals surface area contributed by atoms with Crippen LogP contribution in [0.3, 0.4) is 0 Å². The topological polar surface area (TPSA) is 47.0 Å². The van der Waals surface area contributed by atoms with E-state index < -0.39 is 0 Å². The zero-order valence-corrected chi connectivity index (χ0v) is 10.6. The maximum Gasteiger partial charge on any atom is 0.156 e. The van der Waals surface area contributed by atoms with Crippen molar-refractivity contribution in [2.45, 2.75) is 40.7 Å². The van der Waals surface area contributed by atoms with Crippen LogP contribution in [0.4, 0.5) is 5.82 Å². The Kier molecular flexibility index (Phi) is 5.19. The van der Waals surface area contributed by atoms with Gasteiger partial charge in [0.15, 0.2) is 5.82 Å². The van der Waals surface area contributed by atoms with Gasteiger partial charge in [-0.05, 0) is 27.2 Å². The molecule has 0 aliphatic heterocycles. The Labute approximate surface area is 97.5 Å². The lowest BCUT2D eigenvalue weighted by molar-refractivity contribution is 0.128. The summed E-state index contributed by atoms with van der Waals surface area (Å²) in [5.74, 6) is 1.70. The van der Waals surface area contributed by atoms with Gasteiger partial charge in [0.2, 0.25) is 0 Å². The van der Waals surface area contributed by atoms with E-state index in [4.69, 9.17) is 4.74 Å². The van der Waals surface area contributed by atoms with Crippen LogP contribution < -0.4 is 5.32 Å². The van der Waals surface area contributed by atoms with Crippen LogP contribution in [-0.2, 0) is 17.8 Å². The Morgan fingerprint density at radius 2 is 1.94 bits per heavy atom. The van der Waals surface area contributed by atoms with Gasteiger partial charge in [0.25, 0.3) is 0 Å². The number of ether oxygens (including phenoxy) is 1. The molecule has 0 aliphatic rings. The Hall–Kier alpha value is -1.16. The molecule has 0 bridgehead atoms. The van der Waals surface area contributed by atoms with E-state index in [0.717, 1.165) is 35.9 Å². The standard InChI is InChI=1S/C12H21N3O/c1-5-10-9(4)12(13-6-2)15-11(14-10)8-16-7-3/h5-8H2,1-4H3,(H,13,14,15). The van der Waals surface area contributed by atoms with Gasteiger partial charge in [-0.1, -0.05) is 6.92 Å². The van der Waals surface area contributed by atoms with Crippen molar-refractivity contribution in [3.63, 3.8) is 0 Å². The Balaban J connectivity index is 2.97. The molecule has 0 amide bonds. The van der Waals surface area contributed by atoms with E-state index in [9.17, 15) is 0 Å². The van der Waals surface area contributed by atoms with E-state index in [1.54, 1.807) is 0 Å². The van der Waals surface area contributed by atoms with E-state index >= 15 is 0 Å². The van der Waals surface area contributed by atoms with Crippen LogP contribution >= 0.6 is 0 Å². The number of hydrogen-bond donors (Lipinski definition) is 1. The van der Waals surface area contributed by atoms with Crippen molar-refractivity contribution in [3.8, 4) is 0 Å². The summed E-state index contributed by atoms with van der Waals surface area (Å²) in [5.41, 5.74) is 2.24. The van der Waals surface area contributed by atoms with E-state index in [0.29, 0.717) is 13.2 Å². The monoisotopic (exact) mass is 223 g/mol. The van der Waals surface area contributed by atoms with Gasteiger partial charge in [-0.25, -0.2) is 9.97 Å². The van der Waals surface area contributed by atoms with Gasteiger partial charge >= 0.3 is 0 Å². The Morgan fingerprint density at radius 3 is 2.50 bits per heavy atom. The van der Waals surface area contributed by atoms with Crippen molar-refractivity contribution < 1.29 is 4.74 Å². The molecule has 1 rings (SSSR count). The first kappa shape index (κ1) is 12.9. The molecule has 4 heteroatoms. The van der Waals surface area contributed by atoms with Gasteiger partial charge in [-0.3, -0.25) is 0 Å². The lowest BCUT2D eigenvalue weighted by Gasteiger charge is -2.12. The van der Waals surface area contributed by atoms with Gasteiger partial charge in [0, 0.05) is 24.4 Å². The molecular formula is C12H21N3O. The van der Waals surface area contributed by atoms with Crippen LogP contribution in [0.25, 0.3) is 0 Å². The summed E-state index contributed by atoms with van der Waals surface area (Å²) >= 11 is 0. The summed E-state index contributed by atoms with van der Waals surface area (Å²) in [6.07, 6.45) is 0.922. The first-order valence-corrected chi connectivity index (χ1v) is 5.90. The van der Waals surface area contributed by atoms with Crippen molar-refractivity contribution in [2.75, 3.05) is 18.5 Å². The van der Waals surface area contributed by atoms with E-state index in [1.807, 2.05) is 6.92 Å². The zero-order valence-electron chi connectivity index (χ0n) is 10.6. The lowest BCUT2D eigenvalue weighted by Crippen LogP contribution is -2.10. The second-order valence-electron chi connectivity index (χ2n) is 3.58. The molecule has 16 heavy (non-hydrogen) atoms. The van der Waals surface area contributed by atoms with E-state index in [1.165, 1.54) is 0 Å². The van der Waals surface area contributed by atoms with Gasteiger partial charge in [0.1, 0.15) is 12.4 Å². The van der Waals surface area contributed by atoms with Crippen LogP contribution in [0.2, 0.25) is 0 Å². The third kappa shape index (κ3) is 3.17. The van der Waals surface area contributed by atoms with E-state index in [2.05, 4.69) is 36.1 Å². The summed E-state index contributed by atoms with van der Waals surface area (Å²) in [5, 5.41) is 3.26. The highest BCUT2D eigenvalue weighted by atomic mass is 16.5. The molecule has 4 nitrogen and oxygen atoms in total. The Morgan fingerprint density at radius 1 is 1.19 bits per heavy atom. The highest BCUT2D eigenvalue weighted by Gasteiger charge is 2.08. The Bertz CT molecular complexity index is 339. The minimum atomic E-state index is 0.488. The van der Waals surface area contributed by atoms with Crippen LogP contribution in [0, 0.1) is 6.92 Å². The highest BCUT2D eigenvalue weighted by Crippen LogP contribution is 2.16. The molecule has 0 aromatic carbocycles. The molecule has 1 aromatic heterocycles. The first-order valence-electron chi connectivity index (χ1n) is 5.90. The second-order valence-corrected chi connectivity index (χ2v) is 3.58. The number of nitrogens with zero attached hydrogens (tertiary/aromatic N) is 2. The third-order valence-electron chi connectivity index (χ3n) is 2.41. The fourth-order valence-electron chi connectivity index (χ4n) is 1.56. The number of nitrogens with one attached hydrogen (secondary N) is 1. The molecule has 0 saturated heterocycles. The molecule has 0 atom stereocenters. The fourth-order valence-corrected chi connectivity index (χ4v) is 1.56. The molecule has 1 heterocycles. The highest BCUT2D eigenvalue weighted by molar-refractivity contribution is 5.45. The largest absolute Gasteiger partial charge is 0.374 e. The molecule has 0 radical (unpaired) electrons. The van der Waals surface area contributed by atoms with Gasteiger partial charge < -0.3 is 10.1 Å². The second kappa shape index (κ2) is 6.43. The van der Waals surface area contributed by atoms with Gasteiger partial charge in [-0.15, -0.1) is 0 Å². The maximum atomic E-state index is 5.34. The van der Waals surface area contributed by atoms with Crippen molar-refractivity contribution >= 4 is 5.82 Å². The quantitative estimate of drug-likeness (QED) is 0.804. The van der Waals surface area contributed by atoms with Crippen LogP contribution in [-0.4, -0.2) is 23.1 Å². The molecule has 1 N–H and O–H groups in total. The van der Waals surface area contributed by atoms with Crippen molar-refractivity contribution in [1.82, 2.24) is 9.97 Å². The van der Waals surface area contributed by atoms with Crippen LogP contribution in [0.15, 0.2) is 0 Å². The number of rotatable bonds is 6. The predicted octanol–water partition coefficient (Wildman–Crippen LogP) is 2.32. The average molecular weight is 223 g/mol. The van der Waals surface area contributed by atoms with Crippen LogP contribution in [0.5, 0.6) is 0 Å². The number of aromatic nitrogens is 2. The SMILES string of the molecule is CCNc1nc(COCC)nc(CC)c1C. The maximum absolute atomic E-state index is 5.34. The molecule has 90 valence electrons. The predicted molar refractivity (Wildman–Crippen MR) is 65.6 cm³/mol. The minimum absolute atomic E-state index is 0.488. The molecule has 0 fully saturated rings. The minimum Gasteiger partial charge on any atom is -0.374 e. The van der Waals surface area contributed by atoms with Gasteiger partial charge in [-0.2, -0.15) is 0 Å². The summed E-state index contributed by atoms with van der Waals surface area (Å²) in [7, 11) is 0. The van der Waals surface area contributed by atoms with Gasteiger partial charge in [0.05, 0.1) is 0 Å². The smallest absolute Gasteiger partial charge is 0.156 e. The van der Waals surface area contributed by atoms with Crippen LogP contribution in [0.1, 0.15) is 37.9 Å². The zero-order chi connectivity index (χ0) is 12.0. The number of hydrogen-bond acceptors (Lipinski definition) is 4. The van der Waals surface area contributed by atoms with Crippen molar-refractivity contribution in [1.29, 1.82) is 0 Å². The summed E-state index contributed by atoms with van der Waals surface area (Å²) in [4.78, 5) is 8.96. The summed E-state index contributed by atoms with van der Waals surface area (Å²) in [6.45, 7) is 10.2. The molecule has 0 saturated carbocycles. The summed E-state index contributed by atoms with van der Waals surface area (Å²) < 4.78 is 5.34. The van der Waals surface area contributed by atoms with Crippen molar-refractivity contribution in [2.24, 2.45) is 0 Å². The molecular weight excluding hydrogens is 202 g/mol. The first-order chi connectivity index (χ1) is 7.72. The number of anilines is 1. The molecule has 0 unspecified atom stereocenters.